The fourth-order valence-electron chi connectivity index (χ4n) is 2.84. The van der Waals surface area contributed by atoms with Crippen molar-refractivity contribution in [3.05, 3.63) is 68.8 Å². The second-order valence-corrected chi connectivity index (χ2v) is 17.8. The number of nitrogens with zero attached hydrogens (tertiary/aromatic N) is 3. The second kappa shape index (κ2) is 23.1. The number of anilines is 2. The van der Waals surface area contributed by atoms with Gasteiger partial charge >= 0.3 is 0 Å². The lowest BCUT2D eigenvalue weighted by Crippen LogP contribution is -2.16. The van der Waals surface area contributed by atoms with E-state index in [9.17, 15) is 9.59 Å². The summed E-state index contributed by atoms with van der Waals surface area (Å²) < 4.78 is 4.67. The number of rotatable bonds is 0. The summed E-state index contributed by atoms with van der Waals surface area (Å²) in [5.41, 5.74) is 11.1. The minimum atomic E-state index is -0.295. The van der Waals surface area contributed by atoms with E-state index in [0.29, 0.717) is 21.1 Å². The van der Waals surface area contributed by atoms with Gasteiger partial charge in [0.05, 0.1) is 6.95 Å². The number of carbonyl (C=O) groups excluding carboxylic acids is 2. The monoisotopic (exact) mass is 1080 g/mol. The van der Waals surface area contributed by atoms with Crippen molar-refractivity contribution in [1.82, 2.24) is 14.4 Å². The number of hydrogen-bond donors (Lipinski definition) is 2. The second-order valence-electron chi connectivity index (χ2n) is 7.64. The Morgan fingerprint density at radius 2 is 1.36 bits per heavy atom. The van der Waals surface area contributed by atoms with Gasteiger partial charge in [-0.15, -0.1) is 0 Å². The zero-order valence-corrected chi connectivity index (χ0v) is 34.5. The Bertz CT molecular complexity index is 1370. The molecule has 1 aliphatic rings. The van der Waals surface area contributed by atoms with Gasteiger partial charge in [0, 0.05) is 62.1 Å². The summed E-state index contributed by atoms with van der Waals surface area (Å²) in [4.78, 5) is 28.7. The average molecular weight is 1080 g/mol. The van der Waals surface area contributed by atoms with Crippen LogP contribution in [0.4, 0.5) is 11.6 Å². The number of nitrogen functional groups attached to an aromatic ring is 2. The number of aromatic nitrogens is 2. The summed E-state index contributed by atoms with van der Waals surface area (Å²) in [7, 11) is 0. The highest BCUT2D eigenvalue weighted by Crippen LogP contribution is 2.29. The van der Waals surface area contributed by atoms with Crippen LogP contribution in [0, 0.1) is 0 Å². The average Bonchev–Trinajstić information content (AvgIpc) is 3.23. The SMILES string of the molecule is CC.CC(I)I.CCI.Nc1cc2cc(Br)ccc2cn1.Nc1ncc2ccc(Br)cc2c1Cl.O=C1CCC(=O)N1Cl. The van der Waals surface area contributed by atoms with Gasteiger partial charge in [0.2, 0.25) is 11.8 Å². The molecule has 5 rings (SSSR count). The van der Waals surface area contributed by atoms with Crippen LogP contribution < -0.4 is 11.5 Å². The molecule has 3 heterocycles. The number of fused-ring (bicyclic) bond motifs is 2. The van der Waals surface area contributed by atoms with Gasteiger partial charge in [-0.05, 0) is 47.1 Å². The Balaban J connectivity index is 0.000000536. The number of nitrogens with two attached hydrogens (primary N) is 2. The van der Waals surface area contributed by atoms with Crippen molar-refractivity contribution >= 4 is 168 Å². The molecule has 1 fully saturated rings. The third-order valence-electron chi connectivity index (χ3n) is 4.51. The number of halogens is 7. The fourth-order valence-corrected chi connectivity index (χ4v) is 3.96. The lowest BCUT2D eigenvalue weighted by atomic mass is 10.2. The molecule has 7 nitrogen and oxygen atoms in total. The first-order valence-corrected chi connectivity index (χ1v) is 18.8. The standard InChI is InChI=1S/C9H6BrClN2.C9H7BrN2.C4H4ClNO2.C2H4I2.C2H5I.C2H6/c10-6-2-1-5-4-13-9(12)8(11)7(5)3-6;10-8-2-1-6-5-12-9(11)4-7(6)3-8;5-6-3(7)1-2-4(6)8;1-2(3)4;1-2-3;1-2/h1-4H,(H2,12,13);1-5H,(H2,11,12);1-2H2;2H,1H3;2H2,1H3;1-2H3. The van der Waals surface area contributed by atoms with Crippen molar-refractivity contribution in [1.29, 1.82) is 0 Å². The Kier molecular flexibility index (Phi) is 23.0. The lowest BCUT2D eigenvalue weighted by Gasteiger charge is -2.02. The highest BCUT2D eigenvalue weighted by molar-refractivity contribution is 14.2. The van der Waals surface area contributed by atoms with Crippen molar-refractivity contribution < 1.29 is 9.59 Å². The number of benzene rings is 2. The lowest BCUT2D eigenvalue weighted by molar-refractivity contribution is -0.132. The number of alkyl halides is 3. The Morgan fingerprint density at radius 3 is 1.83 bits per heavy atom. The van der Waals surface area contributed by atoms with E-state index >= 15 is 0 Å². The highest BCUT2D eigenvalue weighted by atomic mass is 127. The molecule has 0 saturated carbocycles. The largest absolute Gasteiger partial charge is 0.384 e. The number of pyridine rings is 2. The van der Waals surface area contributed by atoms with Crippen LogP contribution in [-0.4, -0.2) is 32.6 Å². The minimum absolute atomic E-state index is 0.266. The van der Waals surface area contributed by atoms with E-state index in [2.05, 4.69) is 123 Å². The van der Waals surface area contributed by atoms with Crippen molar-refractivity contribution in [3.8, 4) is 0 Å². The van der Waals surface area contributed by atoms with Crippen molar-refractivity contribution in [3.63, 3.8) is 0 Å². The molecule has 4 N–H and O–H groups in total. The molecule has 14 heteroatoms. The van der Waals surface area contributed by atoms with E-state index in [0.717, 1.165) is 32.4 Å². The fraction of sp³-hybridized carbons (Fsp3) is 0.286. The van der Waals surface area contributed by atoms with Crippen LogP contribution in [0.15, 0.2) is 63.8 Å². The molecule has 0 aliphatic carbocycles. The van der Waals surface area contributed by atoms with Crippen LogP contribution in [0.1, 0.15) is 40.5 Å². The smallest absolute Gasteiger partial charge is 0.244 e. The third kappa shape index (κ3) is 16.2. The Labute approximate surface area is 315 Å². The molecule has 230 valence electrons. The Morgan fingerprint density at radius 1 is 0.905 bits per heavy atom. The molecule has 2 aromatic heterocycles. The van der Waals surface area contributed by atoms with Gasteiger partial charge in [-0.1, -0.05) is 144 Å². The van der Waals surface area contributed by atoms with E-state index in [-0.39, 0.29) is 24.7 Å². The van der Waals surface area contributed by atoms with Gasteiger partial charge in [0.1, 0.15) is 11.6 Å². The number of imide groups is 1. The summed E-state index contributed by atoms with van der Waals surface area (Å²) in [5, 5.41) is 4.63. The van der Waals surface area contributed by atoms with E-state index in [1.54, 1.807) is 12.4 Å². The third-order valence-corrected chi connectivity index (χ3v) is 6.28. The molecule has 0 bridgehead atoms. The van der Waals surface area contributed by atoms with Gasteiger partial charge in [-0.25, -0.2) is 9.97 Å². The van der Waals surface area contributed by atoms with Crippen LogP contribution in [0.2, 0.25) is 5.02 Å². The maximum absolute atomic E-state index is 10.4. The zero-order valence-electron chi connectivity index (χ0n) is 23.4. The molecule has 1 aliphatic heterocycles. The first-order valence-electron chi connectivity index (χ1n) is 12.5. The first kappa shape index (κ1) is 41.7. The zero-order chi connectivity index (χ0) is 32.4. The molecular weight excluding hydrogens is 1050 g/mol. The van der Waals surface area contributed by atoms with Gasteiger partial charge in [-0.3, -0.25) is 9.59 Å². The molecule has 1 saturated heterocycles. The maximum atomic E-state index is 10.4. The summed E-state index contributed by atoms with van der Waals surface area (Å²) >= 11 is 24.9. The summed E-state index contributed by atoms with van der Waals surface area (Å²) in [5.74, 6) is 0.334. The number of amides is 2. The Hall–Kier alpha value is -0.270. The van der Waals surface area contributed by atoms with Crippen molar-refractivity contribution in [2.24, 2.45) is 0 Å². The summed E-state index contributed by atoms with van der Waals surface area (Å²) in [6, 6.07) is 13.7. The molecule has 0 atom stereocenters. The molecule has 0 unspecified atom stereocenters. The molecular formula is C28H32Br2Cl2I3N5O2. The van der Waals surface area contributed by atoms with Crippen LogP contribution in [0.5, 0.6) is 0 Å². The normalized spacial score (nSPS) is 11.6. The minimum Gasteiger partial charge on any atom is -0.384 e. The topological polar surface area (TPSA) is 115 Å². The van der Waals surface area contributed by atoms with E-state index in [4.69, 9.17) is 34.8 Å². The predicted molar refractivity (Wildman–Crippen MR) is 213 cm³/mol. The number of hydrogen-bond acceptors (Lipinski definition) is 6. The number of carbonyl (C=O) groups is 2. The van der Waals surface area contributed by atoms with Crippen LogP contribution >= 0.6 is 123 Å². The molecule has 4 aromatic rings. The molecule has 0 radical (unpaired) electrons. The maximum Gasteiger partial charge on any atom is 0.244 e. The first-order chi connectivity index (χ1) is 19.8. The van der Waals surface area contributed by atoms with Crippen LogP contribution in [-0.2, 0) is 9.59 Å². The van der Waals surface area contributed by atoms with Crippen LogP contribution in [0.25, 0.3) is 21.5 Å². The summed E-state index contributed by atoms with van der Waals surface area (Å²) in [6.45, 7) is 8.25. The van der Waals surface area contributed by atoms with Gasteiger partial charge in [-0.2, -0.15) is 4.42 Å². The van der Waals surface area contributed by atoms with Gasteiger partial charge < -0.3 is 11.5 Å². The molecule has 0 spiro atoms. The van der Waals surface area contributed by atoms with Crippen LogP contribution in [0.3, 0.4) is 0 Å². The molecule has 2 amide bonds. The van der Waals surface area contributed by atoms with Crippen molar-refractivity contribution in [2.45, 2.75) is 42.5 Å². The molecule has 42 heavy (non-hydrogen) atoms. The van der Waals surface area contributed by atoms with Gasteiger partial charge in [0.25, 0.3) is 0 Å². The van der Waals surface area contributed by atoms with E-state index in [1.165, 1.54) is 4.43 Å². The van der Waals surface area contributed by atoms with E-state index < -0.39 is 0 Å². The quantitative estimate of drug-likeness (QED) is 0.0785. The predicted octanol–water partition coefficient (Wildman–Crippen LogP) is 10.8. The highest BCUT2D eigenvalue weighted by Gasteiger charge is 2.26. The molecule has 2 aromatic carbocycles. The van der Waals surface area contributed by atoms with E-state index in [1.807, 2.05) is 56.3 Å². The summed E-state index contributed by atoms with van der Waals surface area (Å²) in [6.07, 6.45) is 4.02. The van der Waals surface area contributed by atoms with Crippen molar-refractivity contribution in [2.75, 3.05) is 15.9 Å². The van der Waals surface area contributed by atoms with Gasteiger partial charge in [0.15, 0.2) is 0 Å².